The van der Waals surface area contributed by atoms with Crippen molar-refractivity contribution in [3.8, 4) is 0 Å². The molecule has 2 N–H and O–H groups in total. The fourth-order valence-electron chi connectivity index (χ4n) is 2.99. The molecule has 1 saturated heterocycles. The van der Waals surface area contributed by atoms with Gasteiger partial charge in [0.15, 0.2) is 0 Å². The van der Waals surface area contributed by atoms with Crippen LogP contribution in [0.2, 0.25) is 0 Å². The number of anilines is 1. The first kappa shape index (κ1) is 16.0. The Morgan fingerprint density at radius 3 is 2.39 bits per heavy atom. The van der Waals surface area contributed by atoms with E-state index in [0.29, 0.717) is 11.4 Å². The molecule has 1 fully saturated rings. The lowest BCUT2D eigenvalue weighted by Crippen LogP contribution is -2.24. The Morgan fingerprint density at radius 2 is 1.83 bits per heavy atom. The summed E-state index contributed by atoms with van der Waals surface area (Å²) in [5.41, 5.74) is 3.18. The normalized spacial score (nSPS) is 15.3. The highest BCUT2D eigenvalue weighted by molar-refractivity contribution is 7.89. The molecule has 1 aliphatic rings. The second-order valence-corrected chi connectivity index (χ2v) is 7.65. The minimum Gasteiger partial charge on any atom is -0.372 e. The maximum atomic E-state index is 12.4. The van der Waals surface area contributed by atoms with Gasteiger partial charge in [-0.05, 0) is 44.4 Å². The minimum absolute atomic E-state index is 0.242. The predicted octanol–water partition coefficient (Wildman–Crippen LogP) is 2.11. The summed E-state index contributed by atoms with van der Waals surface area (Å²) < 4.78 is 27.5. The van der Waals surface area contributed by atoms with Gasteiger partial charge in [-0.25, -0.2) is 13.1 Å². The van der Waals surface area contributed by atoms with Gasteiger partial charge < -0.3 is 4.90 Å². The molecule has 0 aliphatic carbocycles. The third-order valence-electron chi connectivity index (χ3n) is 4.20. The summed E-state index contributed by atoms with van der Waals surface area (Å²) in [7, 11) is -3.56. The monoisotopic (exact) mass is 334 g/mol. The summed E-state index contributed by atoms with van der Waals surface area (Å²) in [6.07, 6.45) is 2.48. The van der Waals surface area contributed by atoms with Crippen molar-refractivity contribution in [2.45, 2.75) is 38.1 Å². The first-order valence-corrected chi connectivity index (χ1v) is 9.31. The average Bonchev–Trinajstić information content (AvgIpc) is 3.16. The molecule has 1 aromatic heterocycles. The van der Waals surface area contributed by atoms with Crippen molar-refractivity contribution in [1.29, 1.82) is 0 Å². The highest BCUT2D eigenvalue weighted by Crippen LogP contribution is 2.21. The van der Waals surface area contributed by atoms with Crippen molar-refractivity contribution in [3.05, 3.63) is 41.2 Å². The van der Waals surface area contributed by atoms with Crippen LogP contribution in [0.1, 0.15) is 29.8 Å². The highest BCUT2D eigenvalue weighted by Gasteiger charge is 2.21. The van der Waals surface area contributed by atoms with E-state index in [-0.39, 0.29) is 11.4 Å². The van der Waals surface area contributed by atoms with Gasteiger partial charge in [-0.3, -0.25) is 5.10 Å². The topological polar surface area (TPSA) is 78.1 Å². The maximum Gasteiger partial charge on any atom is 0.244 e. The van der Waals surface area contributed by atoms with E-state index < -0.39 is 10.0 Å². The fourth-order valence-corrected chi connectivity index (χ4v) is 4.37. The zero-order valence-corrected chi connectivity index (χ0v) is 14.3. The van der Waals surface area contributed by atoms with E-state index in [1.807, 2.05) is 12.1 Å². The van der Waals surface area contributed by atoms with Crippen LogP contribution in [0.4, 0.5) is 5.69 Å². The second kappa shape index (κ2) is 6.33. The molecule has 0 spiro atoms. The number of aryl methyl sites for hydroxylation is 2. The number of nitrogens with one attached hydrogen (secondary N) is 2. The molecular weight excluding hydrogens is 312 g/mol. The Balaban J connectivity index is 1.68. The number of hydrogen-bond acceptors (Lipinski definition) is 4. The van der Waals surface area contributed by atoms with E-state index >= 15 is 0 Å². The van der Waals surface area contributed by atoms with E-state index in [0.717, 1.165) is 18.7 Å². The van der Waals surface area contributed by atoms with Crippen molar-refractivity contribution >= 4 is 15.7 Å². The summed E-state index contributed by atoms with van der Waals surface area (Å²) in [6.45, 7) is 5.87. The quantitative estimate of drug-likeness (QED) is 0.878. The predicted molar refractivity (Wildman–Crippen MR) is 90.0 cm³/mol. The van der Waals surface area contributed by atoms with Crippen LogP contribution in [-0.2, 0) is 16.6 Å². The van der Waals surface area contributed by atoms with Crippen molar-refractivity contribution in [1.82, 2.24) is 14.9 Å². The second-order valence-electron chi connectivity index (χ2n) is 5.95. The standard InChI is InChI=1S/C16H22N4O2S/c1-12-16(13(2)19-18-12)23(21,22)17-11-14-5-7-15(8-6-14)20-9-3-4-10-20/h5-8,17H,3-4,9-11H2,1-2H3,(H,18,19). The van der Waals surface area contributed by atoms with Crippen LogP contribution in [-0.4, -0.2) is 31.7 Å². The molecule has 0 radical (unpaired) electrons. The molecule has 0 amide bonds. The van der Waals surface area contributed by atoms with Gasteiger partial charge in [-0.2, -0.15) is 5.10 Å². The van der Waals surface area contributed by atoms with Crippen LogP contribution in [0.3, 0.4) is 0 Å². The van der Waals surface area contributed by atoms with Gasteiger partial charge >= 0.3 is 0 Å². The highest BCUT2D eigenvalue weighted by atomic mass is 32.2. The molecule has 23 heavy (non-hydrogen) atoms. The molecule has 1 aliphatic heterocycles. The van der Waals surface area contributed by atoms with Gasteiger partial charge in [0.05, 0.1) is 11.4 Å². The molecule has 1 aromatic carbocycles. The van der Waals surface area contributed by atoms with Gasteiger partial charge in [-0.15, -0.1) is 0 Å². The molecule has 124 valence electrons. The minimum atomic E-state index is -3.56. The van der Waals surface area contributed by atoms with E-state index in [1.54, 1.807) is 13.8 Å². The first-order chi connectivity index (χ1) is 11.0. The van der Waals surface area contributed by atoms with Crippen LogP contribution in [0.15, 0.2) is 29.2 Å². The molecule has 2 heterocycles. The number of rotatable bonds is 5. The number of aromatic nitrogens is 2. The zero-order valence-electron chi connectivity index (χ0n) is 13.5. The Bertz CT molecular complexity index is 755. The van der Waals surface area contributed by atoms with Gasteiger partial charge in [0.2, 0.25) is 10.0 Å². The van der Waals surface area contributed by atoms with Crippen LogP contribution >= 0.6 is 0 Å². The number of sulfonamides is 1. The van der Waals surface area contributed by atoms with Gasteiger partial charge in [0.25, 0.3) is 0 Å². The Hall–Kier alpha value is -1.86. The number of nitrogens with zero attached hydrogens (tertiary/aromatic N) is 2. The van der Waals surface area contributed by atoms with Crippen molar-refractivity contribution < 1.29 is 8.42 Å². The van der Waals surface area contributed by atoms with Crippen LogP contribution < -0.4 is 9.62 Å². The summed E-state index contributed by atoms with van der Waals surface area (Å²) in [6, 6.07) is 8.07. The molecule has 0 unspecified atom stereocenters. The van der Waals surface area contributed by atoms with Crippen molar-refractivity contribution in [3.63, 3.8) is 0 Å². The molecule has 6 nitrogen and oxygen atoms in total. The van der Waals surface area contributed by atoms with Gasteiger partial charge in [0, 0.05) is 25.3 Å². The van der Waals surface area contributed by atoms with Crippen LogP contribution in [0, 0.1) is 13.8 Å². The van der Waals surface area contributed by atoms with Gasteiger partial charge in [0.1, 0.15) is 4.90 Å². The number of hydrogen-bond donors (Lipinski definition) is 2. The lowest BCUT2D eigenvalue weighted by atomic mass is 10.2. The van der Waals surface area contributed by atoms with E-state index in [9.17, 15) is 8.42 Å². The largest absolute Gasteiger partial charge is 0.372 e. The third kappa shape index (κ3) is 3.40. The van der Waals surface area contributed by atoms with E-state index in [2.05, 4.69) is 32.0 Å². The van der Waals surface area contributed by atoms with Gasteiger partial charge in [-0.1, -0.05) is 12.1 Å². The van der Waals surface area contributed by atoms with Crippen molar-refractivity contribution in [2.75, 3.05) is 18.0 Å². The summed E-state index contributed by atoms with van der Waals surface area (Å²) in [4.78, 5) is 2.60. The smallest absolute Gasteiger partial charge is 0.244 e. The first-order valence-electron chi connectivity index (χ1n) is 7.82. The average molecular weight is 334 g/mol. The number of benzene rings is 1. The van der Waals surface area contributed by atoms with E-state index in [4.69, 9.17) is 0 Å². The van der Waals surface area contributed by atoms with E-state index in [1.165, 1.54) is 18.5 Å². The third-order valence-corrected chi connectivity index (χ3v) is 5.87. The molecule has 7 heteroatoms. The van der Waals surface area contributed by atoms with Crippen LogP contribution in [0.5, 0.6) is 0 Å². The maximum absolute atomic E-state index is 12.4. The number of aromatic amines is 1. The lowest BCUT2D eigenvalue weighted by molar-refractivity contribution is 0.580. The SMILES string of the molecule is Cc1n[nH]c(C)c1S(=O)(=O)NCc1ccc(N2CCCC2)cc1. The lowest BCUT2D eigenvalue weighted by Gasteiger charge is -2.17. The molecule has 0 saturated carbocycles. The zero-order chi connectivity index (χ0) is 16.4. The molecule has 0 bridgehead atoms. The summed E-state index contributed by atoms with van der Waals surface area (Å²) in [5, 5.41) is 6.65. The Labute approximate surface area is 137 Å². The molecule has 2 aromatic rings. The molecule has 3 rings (SSSR count). The summed E-state index contributed by atoms with van der Waals surface area (Å²) in [5.74, 6) is 0. The fraction of sp³-hybridized carbons (Fsp3) is 0.438. The summed E-state index contributed by atoms with van der Waals surface area (Å²) >= 11 is 0. The molecular formula is C16H22N4O2S. The van der Waals surface area contributed by atoms with Crippen LogP contribution in [0.25, 0.3) is 0 Å². The molecule has 0 atom stereocenters. The Kier molecular flexibility index (Phi) is 4.41. The number of H-pyrrole nitrogens is 1. The Morgan fingerprint density at radius 1 is 1.17 bits per heavy atom. The van der Waals surface area contributed by atoms with Crippen molar-refractivity contribution in [2.24, 2.45) is 0 Å².